The molecule has 0 N–H and O–H groups in total. The standard InChI is InChI=1S/C18H19N3OS/c1-12(9-13-5-4-8-19-10-13)21-11-20-17-16(18(21)22)14-6-2-3-7-15(14)23-17/h4-5,8,10-12H,2-3,6-7,9H2,1H3/t12-/m1/s1. The second-order valence-electron chi connectivity index (χ2n) is 6.26. The van der Waals surface area contributed by atoms with Crippen LogP contribution in [0.2, 0.25) is 0 Å². The van der Waals surface area contributed by atoms with Crippen LogP contribution in [0.3, 0.4) is 0 Å². The smallest absolute Gasteiger partial charge is 0.262 e. The number of aryl methyl sites for hydroxylation is 2. The molecule has 0 saturated carbocycles. The summed E-state index contributed by atoms with van der Waals surface area (Å²) in [7, 11) is 0. The molecule has 0 saturated heterocycles. The molecule has 0 aliphatic heterocycles. The molecule has 0 radical (unpaired) electrons. The number of fused-ring (bicyclic) bond motifs is 3. The lowest BCUT2D eigenvalue weighted by atomic mass is 9.97. The summed E-state index contributed by atoms with van der Waals surface area (Å²) in [5.41, 5.74) is 2.52. The van der Waals surface area contributed by atoms with E-state index < -0.39 is 0 Å². The summed E-state index contributed by atoms with van der Waals surface area (Å²) in [5, 5.41) is 0.866. The van der Waals surface area contributed by atoms with Crippen LogP contribution in [0, 0.1) is 0 Å². The summed E-state index contributed by atoms with van der Waals surface area (Å²) in [4.78, 5) is 24.0. The number of nitrogens with zero attached hydrogens (tertiary/aromatic N) is 3. The van der Waals surface area contributed by atoms with Gasteiger partial charge in [0.2, 0.25) is 0 Å². The lowest BCUT2D eigenvalue weighted by Crippen LogP contribution is -2.25. The predicted octanol–water partition coefficient (Wildman–Crippen LogP) is 3.54. The van der Waals surface area contributed by atoms with Gasteiger partial charge in [-0.3, -0.25) is 14.3 Å². The van der Waals surface area contributed by atoms with Gasteiger partial charge in [0.15, 0.2) is 0 Å². The van der Waals surface area contributed by atoms with Crippen molar-refractivity contribution < 1.29 is 0 Å². The maximum Gasteiger partial charge on any atom is 0.262 e. The first-order valence-corrected chi connectivity index (χ1v) is 8.96. The van der Waals surface area contributed by atoms with Crippen molar-refractivity contribution in [2.45, 2.75) is 45.1 Å². The Morgan fingerprint density at radius 1 is 1.35 bits per heavy atom. The van der Waals surface area contributed by atoms with Gasteiger partial charge in [0, 0.05) is 23.3 Å². The Balaban J connectivity index is 1.76. The van der Waals surface area contributed by atoms with E-state index in [0.717, 1.165) is 35.0 Å². The number of hydrogen-bond donors (Lipinski definition) is 0. The van der Waals surface area contributed by atoms with Crippen molar-refractivity contribution in [1.29, 1.82) is 0 Å². The van der Waals surface area contributed by atoms with Crippen molar-refractivity contribution in [3.63, 3.8) is 0 Å². The van der Waals surface area contributed by atoms with E-state index in [1.165, 1.54) is 23.3 Å². The van der Waals surface area contributed by atoms with Crippen LogP contribution in [-0.2, 0) is 19.3 Å². The van der Waals surface area contributed by atoms with E-state index in [1.807, 2.05) is 18.3 Å². The van der Waals surface area contributed by atoms with E-state index in [-0.39, 0.29) is 11.6 Å². The molecule has 0 aromatic carbocycles. The quantitative estimate of drug-likeness (QED) is 0.740. The Hall–Kier alpha value is -2.01. The number of rotatable bonds is 3. The van der Waals surface area contributed by atoms with Crippen LogP contribution in [-0.4, -0.2) is 14.5 Å². The molecule has 0 unspecified atom stereocenters. The van der Waals surface area contributed by atoms with Crippen LogP contribution in [0.15, 0.2) is 35.6 Å². The van der Waals surface area contributed by atoms with Gasteiger partial charge in [0.05, 0.1) is 11.7 Å². The Morgan fingerprint density at radius 3 is 3.04 bits per heavy atom. The van der Waals surface area contributed by atoms with Crippen molar-refractivity contribution >= 4 is 21.6 Å². The lowest BCUT2D eigenvalue weighted by molar-refractivity contribution is 0.522. The third-order valence-corrected chi connectivity index (χ3v) is 5.83. The van der Waals surface area contributed by atoms with Crippen molar-refractivity contribution in [1.82, 2.24) is 14.5 Å². The number of aromatic nitrogens is 3. The molecule has 0 spiro atoms. The molecule has 3 heterocycles. The van der Waals surface area contributed by atoms with E-state index in [4.69, 9.17) is 0 Å². The minimum absolute atomic E-state index is 0.0720. The maximum atomic E-state index is 13.0. The number of pyridine rings is 1. The zero-order valence-electron chi connectivity index (χ0n) is 13.2. The summed E-state index contributed by atoms with van der Waals surface area (Å²) >= 11 is 1.70. The minimum atomic E-state index is 0.0720. The highest BCUT2D eigenvalue weighted by Crippen LogP contribution is 2.33. The van der Waals surface area contributed by atoms with E-state index in [0.29, 0.717) is 0 Å². The number of thiophene rings is 1. The summed E-state index contributed by atoms with van der Waals surface area (Å²) in [6.45, 7) is 2.07. The van der Waals surface area contributed by atoms with Gasteiger partial charge in [-0.2, -0.15) is 0 Å². The maximum absolute atomic E-state index is 13.0. The average molecular weight is 325 g/mol. The van der Waals surface area contributed by atoms with E-state index in [2.05, 4.69) is 16.9 Å². The molecule has 1 aliphatic carbocycles. The second kappa shape index (κ2) is 5.89. The minimum Gasteiger partial charge on any atom is -0.295 e. The summed E-state index contributed by atoms with van der Waals surface area (Å²) in [6, 6.07) is 4.05. The summed E-state index contributed by atoms with van der Waals surface area (Å²) in [6.07, 6.45) is 10.7. The zero-order chi connectivity index (χ0) is 15.8. The Kier molecular flexibility index (Phi) is 3.73. The third kappa shape index (κ3) is 2.59. The topological polar surface area (TPSA) is 47.8 Å². The van der Waals surface area contributed by atoms with E-state index >= 15 is 0 Å². The Bertz CT molecular complexity index is 898. The summed E-state index contributed by atoms with van der Waals surface area (Å²) in [5.74, 6) is 0. The van der Waals surface area contributed by atoms with Gasteiger partial charge in [-0.05, 0) is 56.2 Å². The van der Waals surface area contributed by atoms with Crippen LogP contribution < -0.4 is 5.56 Å². The monoisotopic (exact) mass is 325 g/mol. The third-order valence-electron chi connectivity index (χ3n) is 4.63. The van der Waals surface area contributed by atoms with Gasteiger partial charge < -0.3 is 0 Å². The molecule has 0 fully saturated rings. The molecule has 3 aromatic heterocycles. The van der Waals surface area contributed by atoms with Crippen molar-refractivity contribution in [3.8, 4) is 0 Å². The van der Waals surface area contributed by atoms with Gasteiger partial charge in [-0.25, -0.2) is 4.98 Å². The van der Waals surface area contributed by atoms with E-state index in [1.54, 1.807) is 28.4 Å². The fourth-order valence-electron chi connectivity index (χ4n) is 3.43. The lowest BCUT2D eigenvalue weighted by Gasteiger charge is -2.15. The van der Waals surface area contributed by atoms with Crippen LogP contribution in [0.4, 0.5) is 0 Å². The van der Waals surface area contributed by atoms with Crippen molar-refractivity contribution in [2.24, 2.45) is 0 Å². The van der Waals surface area contributed by atoms with Crippen LogP contribution in [0.1, 0.15) is 41.8 Å². The van der Waals surface area contributed by atoms with Crippen molar-refractivity contribution in [2.75, 3.05) is 0 Å². The van der Waals surface area contributed by atoms with Gasteiger partial charge in [0.1, 0.15) is 4.83 Å². The highest BCUT2D eigenvalue weighted by Gasteiger charge is 2.21. The highest BCUT2D eigenvalue weighted by atomic mass is 32.1. The van der Waals surface area contributed by atoms with Gasteiger partial charge >= 0.3 is 0 Å². The molecule has 5 heteroatoms. The fourth-order valence-corrected chi connectivity index (χ4v) is 4.65. The molecule has 118 valence electrons. The normalized spacial score (nSPS) is 15.5. The van der Waals surface area contributed by atoms with Crippen molar-refractivity contribution in [3.05, 3.63) is 57.2 Å². The Labute approximate surface area is 138 Å². The van der Waals surface area contributed by atoms with Gasteiger partial charge in [-0.15, -0.1) is 11.3 Å². The SMILES string of the molecule is C[C@H](Cc1cccnc1)n1cnc2sc3c(c2c1=O)CCCC3. The number of hydrogen-bond acceptors (Lipinski definition) is 4. The molecule has 1 atom stereocenters. The Morgan fingerprint density at radius 2 is 2.22 bits per heavy atom. The van der Waals surface area contributed by atoms with E-state index in [9.17, 15) is 4.79 Å². The van der Waals surface area contributed by atoms with Gasteiger partial charge in [-0.1, -0.05) is 6.07 Å². The first kappa shape index (κ1) is 14.6. The second-order valence-corrected chi connectivity index (χ2v) is 7.35. The van der Waals surface area contributed by atoms with Crippen LogP contribution in [0.25, 0.3) is 10.2 Å². The molecule has 1 aliphatic rings. The largest absolute Gasteiger partial charge is 0.295 e. The first-order valence-electron chi connectivity index (χ1n) is 8.14. The van der Waals surface area contributed by atoms with Gasteiger partial charge in [0.25, 0.3) is 5.56 Å². The molecular weight excluding hydrogens is 306 g/mol. The first-order chi connectivity index (χ1) is 11.2. The molecule has 0 bridgehead atoms. The molecule has 4 rings (SSSR count). The highest BCUT2D eigenvalue weighted by molar-refractivity contribution is 7.18. The van der Waals surface area contributed by atoms with Crippen LogP contribution in [0.5, 0.6) is 0 Å². The molecule has 4 nitrogen and oxygen atoms in total. The fraction of sp³-hybridized carbons (Fsp3) is 0.389. The molecular formula is C18H19N3OS. The average Bonchev–Trinajstić information content (AvgIpc) is 2.95. The van der Waals surface area contributed by atoms with Crippen LogP contribution >= 0.6 is 11.3 Å². The molecule has 23 heavy (non-hydrogen) atoms. The summed E-state index contributed by atoms with van der Waals surface area (Å²) < 4.78 is 1.79. The molecule has 0 amide bonds. The zero-order valence-corrected chi connectivity index (χ0v) is 14.0. The predicted molar refractivity (Wildman–Crippen MR) is 93.2 cm³/mol. The molecule has 3 aromatic rings.